The molecule has 0 aromatic carbocycles. The lowest BCUT2D eigenvalue weighted by molar-refractivity contribution is -0.577. The summed E-state index contributed by atoms with van der Waals surface area (Å²) >= 11 is 0. The maximum absolute atomic E-state index is 12.3. The Morgan fingerprint density at radius 1 is 1.16 bits per heavy atom. The van der Waals surface area contributed by atoms with Crippen LogP contribution in [-0.2, 0) is 4.79 Å². The molecule has 5 heterocycles. The predicted octanol–water partition coefficient (Wildman–Crippen LogP) is 2.15. The third-order valence-corrected chi connectivity index (χ3v) is 6.10. The van der Waals surface area contributed by atoms with Gasteiger partial charge in [0, 0.05) is 54.8 Å². The van der Waals surface area contributed by atoms with E-state index in [0.29, 0.717) is 5.82 Å². The van der Waals surface area contributed by atoms with Gasteiger partial charge in [-0.25, -0.2) is 9.97 Å². The van der Waals surface area contributed by atoms with E-state index in [-0.39, 0.29) is 11.8 Å². The molecule has 2 aliphatic rings. The van der Waals surface area contributed by atoms with E-state index in [4.69, 9.17) is 0 Å². The summed E-state index contributed by atoms with van der Waals surface area (Å²) in [6.07, 6.45) is 10.5. The Kier molecular flexibility index (Phi) is 4.02. The molecule has 0 radical (unpaired) electrons. The molecule has 156 valence electrons. The first-order chi connectivity index (χ1) is 15.2. The minimum absolute atomic E-state index is 0.0409. The van der Waals surface area contributed by atoms with Crippen LogP contribution in [0.3, 0.4) is 0 Å². The molecule has 9 heteroatoms. The summed E-state index contributed by atoms with van der Waals surface area (Å²) in [5.41, 5.74) is 3.02. The lowest BCUT2D eigenvalue weighted by Gasteiger charge is -2.32. The molecule has 1 aliphatic heterocycles. The molecule has 2 N–H and O–H groups in total. The lowest BCUT2D eigenvalue weighted by Crippen LogP contribution is -2.37. The van der Waals surface area contributed by atoms with Crippen molar-refractivity contribution in [2.24, 2.45) is 5.92 Å². The number of carbonyl (C=O) groups is 1. The molecular formula is C22H23N8O+. The maximum Gasteiger partial charge on any atom is 0.315 e. The van der Waals surface area contributed by atoms with Crippen molar-refractivity contribution in [3.63, 3.8) is 0 Å². The number of hydrogen-bond donors (Lipinski definition) is 2. The third-order valence-electron chi connectivity index (χ3n) is 6.10. The van der Waals surface area contributed by atoms with Crippen molar-refractivity contribution in [3.05, 3.63) is 43.1 Å². The Bertz CT molecular complexity index is 1320. The molecule has 0 spiro atoms. The number of nitrogens with one attached hydrogen (secondary N) is 2. The molecule has 1 saturated heterocycles. The molecule has 1 aliphatic carbocycles. The van der Waals surface area contributed by atoms with Crippen LogP contribution < -0.4 is 20.0 Å². The highest BCUT2D eigenvalue weighted by Crippen LogP contribution is 2.32. The first-order valence-corrected chi connectivity index (χ1v) is 10.6. The first kappa shape index (κ1) is 18.1. The molecular weight excluding hydrogens is 392 g/mol. The van der Waals surface area contributed by atoms with E-state index in [1.807, 2.05) is 34.6 Å². The second-order valence-corrected chi connectivity index (χ2v) is 8.15. The van der Waals surface area contributed by atoms with Crippen molar-refractivity contribution < 1.29 is 9.31 Å². The molecule has 1 saturated carbocycles. The van der Waals surface area contributed by atoms with Gasteiger partial charge in [0.25, 0.3) is 0 Å². The van der Waals surface area contributed by atoms with Gasteiger partial charge in [0.05, 0.1) is 12.3 Å². The second-order valence-electron chi connectivity index (χ2n) is 8.15. The molecule has 0 atom stereocenters. The molecule has 1 amide bonds. The van der Waals surface area contributed by atoms with Gasteiger partial charge in [0.1, 0.15) is 17.8 Å². The number of pyridine rings is 3. The van der Waals surface area contributed by atoms with E-state index in [0.717, 1.165) is 53.9 Å². The Labute approximate surface area is 178 Å². The number of nitrogens with zero attached hydrogens (tertiary/aromatic N) is 6. The van der Waals surface area contributed by atoms with Crippen LogP contribution >= 0.6 is 0 Å². The van der Waals surface area contributed by atoms with E-state index < -0.39 is 0 Å². The van der Waals surface area contributed by atoms with Crippen molar-refractivity contribution in [2.45, 2.75) is 19.3 Å². The summed E-state index contributed by atoms with van der Waals surface area (Å²) in [6, 6.07) is 6.17. The predicted molar refractivity (Wildman–Crippen MR) is 118 cm³/mol. The average molecular weight is 415 g/mol. The number of aromatic nitrogens is 5. The summed E-state index contributed by atoms with van der Waals surface area (Å²) in [4.78, 5) is 23.7. The monoisotopic (exact) mass is 415 g/mol. The van der Waals surface area contributed by atoms with Gasteiger partial charge >= 0.3 is 5.65 Å². The SMILES string of the molecule is CNc1ncc(-n2cn[n+]3ccc(N4CCC4)cc23)c2cc(NC(=O)C3CC3)ncc12. The van der Waals surface area contributed by atoms with Crippen molar-refractivity contribution >= 4 is 39.6 Å². The van der Waals surface area contributed by atoms with Gasteiger partial charge in [-0.15, -0.1) is 4.52 Å². The number of amides is 1. The smallest absolute Gasteiger partial charge is 0.315 e. The molecule has 6 rings (SSSR count). The zero-order valence-electron chi connectivity index (χ0n) is 17.2. The number of fused-ring (bicyclic) bond motifs is 2. The van der Waals surface area contributed by atoms with Crippen LogP contribution in [0, 0.1) is 5.92 Å². The molecule has 4 aromatic heterocycles. The summed E-state index contributed by atoms with van der Waals surface area (Å²) < 4.78 is 3.89. The van der Waals surface area contributed by atoms with E-state index in [1.165, 1.54) is 12.1 Å². The fourth-order valence-electron chi connectivity index (χ4n) is 4.02. The highest BCUT2D eigenvalue weighted by Gasteiger charge is 2.30. The van der Waals surface area contributed by atoms with Crippen LogP contribution in [0.2, 0.25) is 0 Å². The van der Waals surface area contributed by atoms with Crippen molar-refractivity contribution in [2.75, 3.05) is 35.7 Å². The molecule has 0 bridgehead atoms. The molecule has 9 nitrogen and oxygen atoms in total. The van der Waals surface area contributed by atoms with Gasteiger partial charge in [-0.05, 0) is 30.4 Å². The van der Waals surface area contributed by atoms with Gasteiger partial charge in [-0.2, -0.15) is 4.57 Å². The zero-order valence-corrected chi connectivity index (χ0v) is 17.2. The van der Waals surface area contributed by atoms with E-state index in [9.17, 15) is 4.79 Å². The van der Waals surface area contributed by atoms with Gasteiger partial charge in [0.2, 0.25) is 12.2 Å². The summed E-state index contributed by atoms with van der Waals surface area (Å²) in [5.74, 6) is 1.46. The number of rotatable bonds is 5. The summed E-state index contributed by atoms with van der Waals surface area (Å²) in [5, 5.41) is 12.4. The molecule has 0 unspecified atom stereocenters. The normalized spacial score (nSPS) is 15.8. The molecule has 31 heavy (non-hydrogen) atoms. The Hall–Kier alpha value is -3.75. The lowest BCUT2D eigenvalue weighted by atomic mass is 10.1. The highest BCUT2D eigenvalue weighted by atomic mass is 16.2. The third kappa shape index (κ3) is 3.04. The minimum Gasteiger partial charge on any atom is -0.373 e. The number of anilines is 3. The molecule has 2 fully saturated rings. The number of carbonyl (C=O) groups excluding carboxylic acids is 1. The van der Waals surface area contributed by atoms with Gasteiger partial charge in [0.15, 0.2) is 5.69 Å². The standard InChI is InChI=1S/C22H22N8O/c1-23-21-17-11-24-19(27-22(31)14-3-4-14)10-16(17)18(12-25-21)29-13-26-30-8-5-15(9-20(29)30)28-6-2-7-28/h5,8-14H,2-4,6-7H2,1H3,(H-,23,24,25,27,31)/p+1. The van der Waals surface area contributed by atoms with Crippen molar-refractivity contribution in [3.8, 4) is 5.69 Å². The Balaban J connectivity index is 1.50. The maximum atomic E-state index is 12.3. The Morgan fingerprint density at radius 3 is 2.77 bits per heavy atom. The fourth-order valence-corrected chi connectivity index (χ4v) is 4.02. The van der Waals surface area contributed by atoms with E-state index in [1.54, 1.807) is 12.5 Å². The summed E-state index contributed by atoms with van der Waals surface area (Å²) in [6.45, 7) is 2.17. The number of hydrogen-bond acceptors (Lipinski definition) is 6. The molecule has 4 aromatic rings. The summed E-state index contributed by atoms with van der Waals surface area (Å²) in [7, 11) is 1.84. The van der Waals surface area contributed by atoms with Crippen LogP contribution in [-0.4, -0.2) is 45.7 Å². The van der Waals surface area contributed by atoms with Crippen molar-refractivity contribution in [1.82, 2.24) is 19.6 Å². The highest BCUT2D eigenvalue weighted by molar-refractivity contribution is 6.00. The van der Waals surface area contributed by atoms with Crippen LogP contribution in [0.1, 0.15) is 19.3 Å². The van der Waals surface area contributed by atoms with Crippen LogP contribution in [0.25, 0.3) is 22.1 Å². The van der Waals surface area contributed by atoms with Crippen LogP contribution in [0.15, 0.2) is 43.1 Å². The Morgan fingerprint density at radius 2 is 2.03 bits per heavy atom. The largest absolute Gasteiger partial charge is 0.373 e. The van der Waals surface area contributed by atoms with Gasteiger partial charge in [-0.3, -0.25) is 4.79 Å². The van der Waals surface area contributed by atoms with E-state index >= 15 is 0 Å². The van der Waals surface area contributed by atoms with Crippen LogP contribution in [0.5, 0.6) is 0 Å². The van der Waals surface area contributed by atoms with Crippen LogP contribution in [0.4, 0.5) is 17.3 Å². The fraction of sp³-hybridized carbons (Fsp3) is 0.318. The minimum atomic E-state index is 0.0409. The van der Waals surface area contributed by atoms with Crippen molar-refractivity contribution in [1.29, 1.82) is 0 Å². The zero-order chi connectivity index (χ0) is 20.9. The quantitative estimate of drug-likeness (QED) is 0.486. The van der Waals surface area contributed by atoms with Gasteiger partial charge < -0.3 is 15.5 Å². The first-order valence-electron chi connectivity index (χ1n) is 10.6. The average Bonchev–Trinajstić information content (AvgIpc) is 3.52. The van der Waals surface area contributed by atoms with E-state index in [2.05, 4.69) is 42.7 Å². The second kappa shape index (κ2) is 6.90. The topological polar surface area (TPSA) is 92.1 Å². The van der Waals surface area contributed by atoms with Gasteiger partial charge in [-0.1, -0.05) is 0 Å².